The molecule has 0 aliphatic rings. The topological polar surface area (TPSA) is 47.0 Å². The van der Waals surface area contributed by atoms with E-state index in [-0.39, 0.29) is 0 Å². The van der Waals surface area contributed by atoms with Crippen LogP contribution < -0.4 is 5.32 Å². The lowest BCUT2D eigenvalue weighted by Crippen LogP contribution is -2.07. The molecule has 1 rings (SSSR count). The summed E-state index contributed by atoms with van der Waals surface area (Å²) in [7, 11) is 1.69. The third-order valence-corrected chi connectivity index (χ3v) is 2.35. The molecule has 1 heterocycles. The fourth-order valence-corrected chi connectivity index (χ4v) is 1.65. The minimum atomic E-state index is 0.608. The molecule has 0 aliphatic carbocycles. The van der Waals surface area contributed by atoms with Gasteiger partial charge < -0.3 is 10.1 Å². The van der Waals surface area contributed by atoms with Crippen LogP contribution in [-0.2, 0) is 11.2 Å². The van der Waals surface area contributed by atoms with Crippen molar-refractivity contribution in [2.24, 2.45) is 5.92 Å². The van der Waals surface area contributed by atoms with Gasteiger partial charge in [0.25, 0.3) is 0 Å². The lowest BCUT2D eigenvalue weighted by atomic mass is 10.1. The predicted octanol–water partition coefficient (Wildman–Crippen LogP) is 1.79. The van der Waals surface area contributed by atoms with Gasteiger partial charge in [0, 0.05) is 31.6 Å². The Hall–Kier alpha value is -0.680. The molecule has 0 radical (unpaired) electrons. The number of nitrogens with zero attached hydrogens (tertiary/aromatic N) is 2. The van der Waals surface area contributed by atoms with E-state index >= 15 is 0 Å². The van der Waals surface area contributed by atoms with Gasteiger partial charge in [-0.1, -0.05) is 13.8 Å². The third kappa shape index (κ3) is 4.02. The van der Waals surface area contributed by atoms with Crippen LogP contribution in [0.4, 0.5) is 5.13 Å². The Bertz CT molecular complexity index is 262. The standard InChI is InChI=1S/C9H17N3OS/c1-7(2)6-8-11-9(14-12-8)10-4-5-13-3/h7H,4-6H2,1-3H3,(H,10,11,12). The molecule has 1 N–H and O–H groups in total. The van der Waals surface area contributed by atoms with Crippen LogP contribution in [0.2, 0.25) is 0 Å². The van der Waals surface area contributed by atoms with Crippen LogP contribution in [-0.4, -0.2) is 29.6 Å². The van der Waals surface area contributed by atoms with E-state index in [0.29, 0.717) is 12.5 Å². The van der Waals surface area contributed by atoms with E-state index in [1.54, 1.807) is 7.11 Å². The molecular weight excluding hydrogens is 198 g/mol. The molecule has 80 valence electrons. The number of hydrogen-bond donors (Lipinski definition) is 1. The van der Waals surface area contributed by atoms with Crippen molar-refractivity contribution in [3.8, 4) is 0 Å². The zero-order valence-electron chi connectivity index (χ0n) is 8.91. The van der Waals surface area contributed by atoms with Crippen LogP contribution in [0.3, 0.4) is 0 Å². The average molecular weight is 215 g/mol. The van der Waals surface area contributed by atoms with Gasteiger partial charge in [0.15, 0.2) is 0 Å². The molecule has 0 saturated carbocycles. The van der Waals surface area contributed by atoms with Crippen molar-refractivity contribution >= 4 is 16.7 Å². The Labute approximate surface area is 88.9 Å². The highest BCUT2D eigenvalue weighted by molar-refractivity contribution is 7.09. The van der Waals surface area contributed by atoms with Crippen LogP contribution in [0.1, 0.15) is 19.7 Å². The summed E-state index contributed by atoms with van der Waals surface area (Å²) in [6.45, 7) is 5.81. The summed E-state index contributed by atoms with van der Waals surface area (Å²) in [5, 5.41) is 4.05. The highest BCUT2D eigenvalue weighted by Gasteiger charge is 2.04. The van der Waals surface area contributed by atoms with Gasteiger partial charge in [-0.2, -0.15) is 4.37 Å². The monoisotopic (exact) mass is 215 g/mol. The van der Waals surface area contributed by atoms with E-state index in [1.165, 1.54) is 11.5 Å². The normalized spacial score (nSPS) is 10.9. The molecule has 0 aromatic carbocycles. The maximum absolute atomic E-state index is 4.93. The average Bonchev–Trinajstić information content (AvgIpc) is 2.52. The second kappa shape index (κ2) is 5.93. The maximum atomic E-state index is 4.93. The lowest BCUT2D eigenvalue weighted by molar-refractivity contribution is 0.211. The summed E-state index contributed by atoms with van der Waals surface area (Å²) in [6.07, 6.45) is 0.947. The van der Waals surface area contributed by atoms with Gasteiger partial charge in [0.1, 0.15) is 5.82 Å². The van der Waals surface area contributed by atoms with Crippen molar-refractivity contribution in [1.82, 2.24) is 9.36 Å². The number of nitrogens with one attached hydrogen (secondary N) is 1. The zero-order valence-corrected chi connectivity index (χ0v) is 9.73. The second-order valence-electron chi connectivity index (χ2n) is 3.53. The summed E-state index contributed by atoms with van der Waals surface area (Å²) in [4.78, 5) is 4.36. The second-order valence-corrected chi connectivity index (χ2v) is 4.29. The molecule has 0 amide bonds. The maximum Gasteiger partial charge on any atom is 0.202 e. The molecule has 1 aromatic heterocycles. The van der Waals surface area contributed by atoms with E-state index in [4.69, 9.17) is 4.74 Å². The summed E-state index contributed by atoms with van der Waals surface area (Å²) >= 11 is 1.41. The van der Waals surface area contributed by atoms with Crippen molar-refractivity contribution in [3.63, 3.8) is 0 Å². The minimum Gasteiger partial charge on any atom is -0.383 e. The summed E-state index contributed by atoms with van der Waals surface area (Å²) in [5.41, 5.74) is 0. The van der Waals surface area contributed by atoms with Gasteiger partial charge in [-0.15, -0.1) is 0 Å². The molecule has 5 heteroatoms. The van der Waals surface area contributed by atoms with Crippen molar-refractivity contribution in [2.45, 2.75) is 20.3 Å². The molecule has 0 unspecified atom stereocenters. The highest BCUT2D eigenvalue weighted by atomic mass is 32.1. The van der Waals surface area contributed by atoms with Crippen LogP contribution >= 0.6 is 11.5 Å². The Morgan fingerprint density at radius 1 is 1.50 bits per heavy atom. The first-order valence-electron chi connectivity index (χ1n) is 4.77. The van der Waals surface area contributed by atoms with E-state index in [0.717, 1.165) is 23.9 Å². The number of rotatable bonds is 6. The molecule has 0 aliphatic heterocycles. The summed E-state index contributed by atoms with van der Waals surface area (Å²) < 4.78 is 9.19. The van der Waals surface area contributed by atoms with Crippen molar-refractivity contribution in [2.75, 3.05) is 25.6 Å². The van der Waals surface area contributed by atoms with E-state index < -0.39 is 0 Å². The van der Waals surface area contributed by atoms with E-state index in [2.05, 4.69) is 28.5 Å². The summed E-state index contributed by atoms with van der Waals surface area (Å²) in [5.74, 6) is 1.54. The molecule has 0 bridgehead atoms. The number of methoxy groups -OCH3 is 1. The largest absolute Gasteiger partial charge is 0.383 e. The Kier molecular flexibility index (Phi) is 4.82. The van der Waals surface area contributed by atoms with Gasteiger partial charge >= 0.3 is 0 Å². The first-order valence-corrected chi connectivity index (χ1v) is 5.55. The first kappa shape index (κ1) is 11.4. The molecule has 0 fully saturated rings. The van der Waals surface area contributed by atoms with Crippen molar-refractivity contribution in [1.29, 1.82) is 0 Å². The van der Waals surface area contributed by atoms with Crippen LogP contribution in [0.15, 0.2) is 0 Å². The number of anilines is 1. The van der Waals surface area contributed by atoms with Crippen LogP contribution in [0.5, 0.6) is 0 Å². The molecular formula is C9H17N3OS. The van der Waals surface area contributed by atoms with Crippen LogP contribution in [0.25, 0.3) is 0 Å². The fourth-order valence-electron chi connectivity index (χ4n) is 1.03. The van der Waals surface area contributed by atoms with Gasteiger partial charge in [-0.3, -0.25) is 0 Å². The van der Waals surface area contributed by atoms with Gasteiger partial charge in [-0.05, 0) is 5.92 Å². The van der Waals surface area contributed by atoms with E-state index in [9.17, 15) is 0 Å². The first-order chi connectivity index (χ1) is 6.72. The zero-order chi connectivity index (χ0) is 10.4. The lowest BCUT2D eigenvalue weighted by Gasteiger charge is -1.99. The van der Waals surface area contributed by atoms with Gasteiger partial charge in [0.05, 0.1) is 6.61 Å². The fraction of sp³-hybridized carbons (Fsp3) is 0.778. The third-order valence-electron chi connectivity index (χ3n) is 1.64. The predicted molar refractivity (Wildman–Crippen MR) is 58.8 cm³/mol. The van der Waals surface area contributed by atoms with Gasteiger partial charge in [-0.25, -0.2) is 4.98 Å². The van der Waals surface area contributed by atoms with Crippen LogP contribution in [0, 0.1) is 5.92 Å². The molecule has 0 atom stereocenters. The quantitative estimate of drug-likeness (QED) is 0.735. The molecule has 1 aromatic rings. The molecule has 14 heavy (non-hydrogen) atoms. The Morgan fingerprint density at radius 3 is 2.93 bits per heavy atom. The van der Waals surface area contributed by atoms with Gasteiger partial charge in [0.2, 0.25) is 5.13 Å². The molecule has 0 spiro atoms. The Morgan fingerprint density at radius 2 is 2.29 bits per heavy atom. The molecule has 4 nitrogen and oxygen atoms in total. The Balaban J connectivity index is 2.35. The number of ether oxygens (including phenoxy) is 1. The SMILES string of the molecule is COCCNc1nc(CC(C)C)ns1. The van der Waals surface area contributed by atoms with Crippen molar-refractivity contribution < 1.29 is 4.74 Å². The smallest absolute Gasteiger partial charge is 0.202 e. The van der Waals surface area contributed by atoms with E-state index in [1.807, 2.05) is 0 Å². The summed E-state index contributed by atoms with van der Waals surface area (Å²) in [6, 6.07) is 0. The highest BCUT2D eigenvalue weighted by Crippen LogP contribution is 2.13. The minimum absolute atomic E-state index is 0.608. The van der Waals surface area contributed by atoms with Crippen molar-refractivity contribution in [3.05, 3.63) is 5.82 Å². The number of aromatic nitrogens is 2. The number of hydrogen-bond acceptors (Lipinski definition) is 5. The molecule has 0 saturated heterocycles.